The second-order valence-electron chi connectivity index (χ2n) is 8.23. The summed E-state index contributed by atoms with van der Waals surface area (Å²) in [5.74, 6) is 0.479. The Hall–Kier alpha value is -1.18. The molecule has 0 amide bonds. The van der Waals surface area contributed by atoms with Gasteiger partial charge in [0.05, 0.1) is 11.9 Å². The number of benzene rings is 1. The fourth-order valence-corrected chi connectivity index (χ4v) is 3.80. The quantitative estimate of drug-likeness (QED) is 0.408. The number of hydrogen-bond donors (Lipinski definition) is 1. The molecule has 0 radical (unpaired) electrons. The summed E-state index contributed by atoms with van der Waals surface area (Å²) in [6.07, 6.45) is 4.52. The molecule has 26 heavy (non-hydrogen) atoms. The molecule has 1 N–H and O–H groups in total. The Morgan fingerprint density at radius 1 is 1.35 bits per heavy atom. The second kappa shape index (κ2) is 8.23. The Morgan fingerprint density at radius 2 is 2.12 bits per heavy atom. The van der Waals surface area contributed by atoms with Crippen LogP contribution in [0.2, 0.25) is 25.7 Å². The molecule has 0 saturated heterocycles. The van der Waals surface area contributed by atoms with E-state index in [1.54, 1.807) is 10.7 Å². The van der Waals surface area contributed by atoms with Crippen molar-refractivity contribution in [1.82, 2.24) is 9.78 Å². The molecule has 2 aromatic rings. The Morgan fingerprint density at radius 3 is 2.81 bits per heavy atom. The molecular formula is C19H27BrFN3OSi. The molecule has 1 aromatic carbocycles. The topological polar surface area (TPSA) is 39.1 Å². The van der Waals surface area contributed by atoms with Crippen molar-refractivity contribution in [2.24, 2.45) is 5.92 Å². The normalized spacial score (nSPS) is 14.7. The third-order valence-corrected chi connectivity index (χ3v) is 6.84. The lowest BCUT2D eigenvalue weighted by Crippen LogP contribution is -2.22. The van der Waals surface area contributed by atoms with E-state index in [-0.39, 0.29) is 5.82 Å². The maximum atomic E-state index is 13.8. The van der Waals surface area contributed by atoms with Crippen LogP contribution in [-0.4, -0.2) is 31.0 Å². The van der Waals surface area contributed by atoms with Gasteiger partial charge in [0.15, 0.2) is 0 Å². The van der Waals surface area contributed by atoms with E-state index in [1.165, 1.54) is 25.0 Å². The maximum Gasteiger partial charge on any atom is 0.139 e. The van der Waals surface area contributed by atoms with Crippen molar-refractivity contribution in [3.8, 4) is 11.3 Å². The van der Waals surface area contributed by atoms with Crippen molar-refractivity contribution in [1.29, 1.82) is 0 Å². The number of hydrogen-bond acceptors (Lipinski definition) is 3. The minimum Gasteiger partial charge on any atom is -0.382 e. The van der Waals surface area contributed by atoms with Crippen molar-refractivity contribution >= 4 is 29.7 Å². The number of nitrogens with zero attached hydrogens (tertiary/aromatic N) is 2. The predicted octanol–water partition coefficient (Wildman–Crippen LogP) is 5.59. The molecule has 1 saturated carbocycles. The van der Waals surface area contributed by atoms with Gasteiger partial charge in [0.2, 0.25) is 0 Å². The molecule has 0 spiro atoms. The molecule has 4 nitrogen and oxygen atoms in total. The minimum absolute atomic E-state index is 0.266. The summed E-state index contributed by atoms with van der Waals surface area (Å²) in [5, 5.41) is 8.14. The maximum absolute atomic E-state index is 13.8. The van der Waals surface area contributed by atoms with Crippen LogP contribution in [0.25, 0.3) is 11.3 Å². The van der Waals surface area contributed by atoms with Gasteiger partial charge in [-0.05, 0) is 43.0 Å². The van der Waals surface area contributed by atoms with Crippen molar-refractivity contribution in [2.45, 2.75) is 45.3 Å². The molecule has 3 rings (SSSR count). The fourth-order valence-electron chi connectivity index (χ4n) is 2.61. The van der Waals surface area contributed by atoms with Gasteiger partial charge < -0.3 is 10.1 Å². The molecule has 1 aliphatic rings. The SMILES string of the molecule is C[Si](C)(C)CCOCn1cc(NCC2CC2)c(-c2cc(F)ccc2Br)n1. The predicted molar refractivity (Wildman–Crippen MR) is 111 cm³/mol. The Balaban J connectivity index is 1.75. The van der Waals surface area contributed by atoms with Gasteiger partial charge in [0, 0.05) is 31.3 Å². The third-order valence-electron chi connectivity index (χ3n) is 4.44. The summed E-state index contributed by atoms with van der Waals surface area (Å²) in [7, 11) is -1.10. The lowest BCUT2D eigenvalue weighted by Gasteiger charge is -2.15. The fraction of sp³-hybridized carbons (Fsp3) is 0.526. The average molecular weight is 440 g/mol. The largest absolute Gasteiger partial charge is 0.382 e. The van der Waals surface area contributed by atoms with Crippen LogP contribution in [0, 0.1) is 11.7 Å². The highest BCUT2D eigenvalue weighted by Crippen LogP contribution is 2.35. The molecule has 1 aliphatic carbocycles. The van der Waals surface area contributed by atoms with Crippen molar-refractivity contribution in [2.75, 3.05) is 18.5 Å². The number of aromatic nitrogens is 2. The van der Waals surface area contributed by atoms with Crippen LogP contribution in [0.15, 0.2) is 28.9 Å². The van der Waals surface area contributed by atoms with Crippen LogP contribution in [0.3, 0.4) is 0 Å². The highest BCUT2D eigenvalue weighted by atomic mass is 79.9. The number of ether oxygens (including phenoxy) is 1. The zero-order chi connectivity index (χ0) is 18.7. The molecule has 0 aliphatic heterocycles. The Labute approximate surface area is 164 Å². The van der Waals surface area contributed by atoms with E-state index in [9.17, 15) is 4.39 Å². The summed E-state index contributed by atoms with van der Waals surface area (Å²) in [6.45, 7) is 9.11. The summed E-state index contributed by atoms with van der Waals surface area (Å²) >= 11 is 3.52. The minimum atomic E-state index is -1.10. The van der Waals surface area contributed by atoms with E-state index < -0.39 is 8.07 Å². The lowest BCUT2D eigenvalue weighted by atomic mass is 10.1. The third kappa shape index (κ3) is 5.66. The number of halogens is 2. The average Bonchev–Trinajstić information content (AvgIpc) is 3.31. The van der Waals surface area contributed by atoms with Gasteiger partial charge in [0.1, 0.15) is 18.2 Å². The van der Waals surface area contributed by atoms with Crippen LogP contribution in [0.5, 0.6) is 0 Å². The van der Waals surface area contributed by atoms with E-state index in [4.69, 9.17) is 4.74 Å². The second-order valence-corrected chi connectivity index (χ2v) is 14.7. The number of nitrogens with one attached hydrogen (secondary N) is 1. The Bertz CT molecular complexity index is 756. The summed E-state index contributed by atoms with van der Waals surface area (Å²) in [5.41, 5.74) is 2.44. The monoisotopic (exact) mass is 439 g/mol. The molecule has 0 bridgehead atoms. The summed E-state index contributed by atoms with van der Waals surface area (Å²) in [4.78, 5) is 0. The first-order valence-corrected chi connectivity index (χ1v) is 13.7. The van der Waals surface area contributed by atoms with Gasteiger partial charge >= 0.3 is 0 Å². The van der Waals surface area contributed by atoms with Crippen LogP contribution >= 0.6 is 15.9 Å². The van der Waals surface area contributed by atoms with Gasteiger partial charge in [-0.2, -0.15) is 5.10 Å². The first-order valence-electron chi connectivity index (χ1n) is 9.16. The molecule has 0 unspecified atom stereocenters. The molecule has 142 valence electrons. The molecule has 7 heteroatoms. The summed E-state index contributed by atoms with van der Waals surface area (Å²) < 4.78 is 22.2. The zero-order valence-corrected chi connectivity index (χ0v) is 18.3. The molecule has 1 aromatic heterocycles. The lowest BCUT2D eigenvalue weighted by molar-refractivity contribution is 0.0788. The van der Waals surface area contributed by atoms with E-state index in [0.717, 1.165) is 46.5 Å². The zero-order valence-electron chi connectivity index (χ0n) is 15.7. The number of rotatable bonds is 9. The van der Waals surface area contributed by atoms with Crippen molar-refractivity contribution in [3.05, 3.63) is 34.7 Å². The van der Waals surface area contributed by atoms with E-state index in [0.29, 0.717) is 6.73 Å². The molecule has 0 atom stereocenters. The van der Waals surface area contributed by atoms with Crippen LogP contribution in [-0.2, 0) is 11.5 Å². The van der Waals surface area contributed by atoms with Crippen LogP contribution < -0.4 is 5.32 Å². The van der Waals surface area contributed by atoms with Gasteiger partial charge in [-0.25, -0.2) is 9.07 Å². The first kappa shape index (κ1) is 19.6. The van der Waals surface area contributed by atoms with Gasteiger partial charge in [-0.1, -0.05) is 35.6 Å². The van der Waals surface area contributed by atoms with Gasteiger partial charge in [-0.3, -0.25) is 0 Å². The van der Waals surface area contributed by atoms with Crippen molar-refractivity contribution < 1.29 is 9.13 Å². The Kier molecular flexibility index (Phi) is 6.20. The van der Waals surface area contributed by atoms with Crippen molar-refractivity contribution in [3.63, 3.8) is 0 Å². The highest BCUT2D eigenvalue weighted by molar-refractivity contribution is 9.10. The van der Waals surface area contributed by atoms with Gasteiger partial charge in [0.25, 0.3) is 0 Å². The highest BCUT2D eigenvalue weighted by Gasteiger charge is 2.22. The standard InChI is InChI=1S/C19H27BrFN3OSi/c1-26(2,3)9-8-25-13-24-12-18(22-11-14-4-5-14)19(23-24)16-10-15(21)6-7-17(16)20/h6-7,10,12,14,22H,4-5,8-9,11,13H2,1-3H3. The first-order chi connectivity index (χ1) is 12.3. The van der Waals surface area contributed by atoms with E-state index in [2.05, 4.69) is 46.0 Å². The smallest absolute Gasteiger partial charge is 0.139 e. The molecule has 1 heterocycles. The van der Waals surface area contributed by atoms with Crippen LogP contribution in [0.4, 0.5) is 10.1 Å². The summed E-state index contributed by atoms with van der Waals surface area (Å²) in [6, 6.07) is 5.81. The number of anilines is 1. The van der Waals surface area contributed by atoms with E-state index in [1.807, 2.05) is 6.20 Å². The van der Waals surface area contributed by atoms with Gasteiger partial charge in [-0.15, -0.1) is 0 Å². The molecular weight excluding hydrogens is 413 g/mol. The van der Waals surface area contributed by atoms with E-state index >= 15 is 0 Å². The molecule has 1 fully saturated rings. The van der Waals surface area contributed by atoms with Crippen LogP contribution in [0.1, 0.15) is 12.8 Å².